The van der Waals surface area contributed by atoms with Crippen LogP contribution in [0.15, 0.2) is 30.3 Å². The highest BCUT2D eigenvalue weighted by Crippen LogP contribution is 2.52. The zero-order chi connectivity index (χ0) is 23.6. The summed E-state index contributed by atoms with van der Waals surface area (Å²) in [6.45, 7) is 5.20. The van der Waals surface area contributed by atoms with Gasteiger partial charge in [-0.05, 0) is 39.2 Å². The summed E-state index contributed by atoms with van der Waals surface area (Å²) in [6.07, 6.45) is 0.309. The number of carbonyl (C=O) groups excluding carboxylic acids is 3. The van der Waals surface area contributed by atoms with Crippen LogP contribution in [0.3, 0.4) is 0 Å². The molecule has 178 valence electrons. The van der Waals surface area contributed by atoms with Crippen molar-refractivity contribution in [3.63, 3.8) is 0 Å². The van der Waals surface area contributed by atoms with Crippen LogP contribution in [0.25, 0.3) is 0 Å². The summed E-state index contributed by atoms with van der Waals surface area (Å²) >= 11 is 0. The SMILES string of the molecule is CCOC(=O)[C@@H](NC(=O)[C@@H]1CCCN1C(=O)OCc1ccccc1)P(=O)(OCC)OCC. The lowest BCUT2D eigenvalue weighted by atomic mass is 10.2. The normalized spacial score (nSPS) is 17.0. The summed E-state index contributed by atoms with van der Waals surface area (Å²) in [4.78, 5) is 39.4. The van der Waals surface area contributed by atoms with Crippen LogP contribution >= 0.6 is 7.60 Å². The summed E-state index contributed by atoms with van der Waals surface area (Å²) in [5.74, 6) is -3.23. The summed E-state index contributed by atoms with van der Waals surface area (Å²) in [6, 6.07) is 8.29. The molecule has 0 radical (unpaired) electrons. The van der Waals surface area contributed by atoms with Gasteiger partial charge in [-0.15, -0.1) is 0 Å². The number of nitrogens with one attached hydrogen (secondary N) is 1. The molecule has 0 saturated carbocycles. The Balaban J connectivity index is 2.11. The van der Waals surface area contributed by atoms with Gasteiger partial charge in [-0.3, -0.25) is 14.3 Å². The molecule has 2 atom stereocenters. The van der Waals surface area contributed by atoms with Gasteiger partial charge in [-0.2, -0.15) is 0 Å². The van der Waals surface area contributed by atoms with Crippen molar-refractivity contribution in [3.8, 4) is 0 Å². The van der Waals surface area contributed by atoms with Gasteiger partial charge in [0.2, 0.25) is 11.7 Å². The molecule has 1 aromatic rings. The Morgan fingerprint density at radius 1 is 1.06 bits per heavy atom. The molecule has 1 aliphatic rings. The first-order chi connectivity index (χ1) is 15.4. The van der Waals surface area contributed by atoms with Crippen molar-refractivity contribution in [2.24, 2.45) is 0 Å². The topological polar surface area (TPSA) is 120 Å². The van der Waals surface area contributed by atoms with E-state index in [-0.39, 0.29) is 26.4 Å². The third-order valence-corrected chi connectivity index (χ3v) is 6.93. The molecule has 0 bridgehead atoms. The molecule has 32 heavy (non-hydrogen) atoms. The summed E-state index contributed by atoms with van der Waals surface area (Å²) in [7, 11) is -4.05. The minimum atomic E-state index is -4.05. The third kappa shape index (κ3) is 6.79. The maximum Gasteiger partial charge on any atom is 0.410 e. The minimum absolute atomic E-state index is 0.00438. The summed E-state index contributed by atoms with van der Waals surface area (Å²) < 4.78 is 34.0. The second-order valence-corrected chi connectivity index (χ2v) is 9.04. The number of nitrogens with zero attached hydrogens (tertiary/aromatic N) is 1. The van der Waals surface area contributed by atoms with E-state index in [1.165, 1.54) is 4.90 Å². The molecular formula is C21H31N2O8P. The number of ether oxygens (including phenoxy) is 2. The predicted octanol–water partition coefficient (Wildman–Crippen LogP) is 3.06. The number of likely N-dealkylation sites (tertiary alicyclic amines) is 1. The zero-order valence-electron chi connectivity index (χ0n) is 18.7. The first-order valence-electron chi connectivity index (χ1n) is 10.7. The van der Waals surface area contributed by atoms with E-state index in [0.717, 1.165) is 5.56 Å². The van der Waals surface area contributed by atoms with Crippen molar-refractivity contribution in [3.05, 3.63) is 35.9 Å². The van der Waals surface area contributed by atoms with Crippen LogP contribution in [0.2, 0.25) is 0 Å². The first-order valence-corrected chi connectivity index (χ1v) is 12.3. The number of hydrogen-bond acceptors (Lipinski definition) is 8. The molecule has 11 heteroatoms. The Morgan fingerprint density at radius 2 is 1.72 bits per heavy atom. The van der Waals surface area contributed by atoms with E-state index in [0.29, 0.717) is 19.4 Å². The van der Waals surface area contributed by atoms with Crippen molar-refractivity contribution < 1.29 is 37.5 Å². The fraction of sp³-hybridized carbons (Fsp3) is 0.571. The number of amides is 2. The fourth-order valence-electron chi connectivity index (χ4n) is 3.33. The molecule has 1 aliphatic heterocycles. The number of benzene rings is 1. The number of esters is 1. The molecule has 2 amide bonds. The zero-order valence-corrected chi connectivity index (χ0v) is 19.5. The Morgan fingerprint density at radius 3 is 2.31 bits per heavy atom. The molecule has 1 heterocycles. The highest BCUT2D eigenvalue weighted by Gasteiger charge is 2.46. The van der Waals surface area contributed by atoms with Crippen molar-refractivity contribution in [2.75, 3.05) is 26.4 Å². The highest BCUT2D eigenvalue weighted by atomic mass is 31.2. The Hall–Kier alpha value is -2.42. The maximum atomic E-state index is 13.2. The fourth-order valence-corrected chi connectivity index (χ4v) is 5.04. The van der Waals surface area contributed by atoms with E-state index >= 15 is 0 Å². The minimum Gasteiger partial charge on any atom is -0.464 e. The molecular weight excluding hydrogens is 439 g/mol. The second kappa shape index (κ2) is 12.6. The van der Waals surface area contributed by atoms with Gasteiger partial charge >= 0.3 is 19.7 Å². The standard InChI is InChI=1S/C21H31N2O8P/c1-4-28-20(25)19(32(27,30-5-2)31-6-3)22-18(24)17-13-10-14-23(17)21(26)29-15-16-11-8-7-9-12-16/h7-9,11-12,17,19H,4-6,10,13-15H2,1-3H3,(H,22,24)/t17-,19-/m0/s1. The predicted molar refractivity (Wildman–Crippen MR) is 116 cm³/mol. The van der Waals surface area contributed by atoms with E-state index in [4.69, 9.17) is 18.5 Å². The maximum absolute atomic E-state index is 13.2. The third-order valence-electron chi connectivity index (χ3n) is 4.72. The molecule has 0 aliphatic carbocycles. The lowest BCUT2D eigenvalue weighted by Gasteiger charge is -2.28. The van der Waals surface area contributed by atoms with Crippen molar-refractivity contribution in [1.29, 1.82) is 0 Å². The number of rotatable bonds is 11. The highest BCUT2D eigenvalue weighted by molar-refractivity contribution is 7.55. The van der Waals surface area contributed by atoms with Gasteiger partial charge in [-0.1, -0.05) is 30.3 Å². The van der Waals surface area contributed by atoms with Crippen LogP contribution < -0.4 is 5.32 Å². The van der Waals surface area contributed by atoms with E-state index in [2.05, 4.69) is 5.32 Å². The Kier molecular flexibility index (Phi) is 10.2. The van der Waals surface area contributed by atoms with Gasteiger partial charge in [0.05, 0.1) is 19.8 Å². The number of carbonyl (C=O) groups is 3. The molecule has 1 N–H and O–H groups in total. The van der Waals surface area contributed by atoms with Gasteiger partial charge in [0.25, 0.3) is 0 Å². The quantitative estimate of drug-likeness (QED) is 0.387. The van der Waals surface area contributed by atoms with Gasteiger partial charge < -0.3 is 23.8 Å². The lowest BCUT2D eigenvalue weighted by Crippen LogP contribution is -2.51. The van der Waals surface area contributed by atoms with Crippen LogP contribution in [0.4, 0.5) is 4.79 Å². The van der Waals surface area contributed by atoms with Crippen LogP contribution in [0.1, 0.15) is 39.2 Å². The van der Waals surface area contributed by atoms with E-state index in [1.54, 1.807) is 20.8 Å². The molecule has 0 aromatic heterocycles. The van der Waals surface area contributed by atoms with Gasteiger partial charge in [0.1, 0.15) is 12.6 Å². The molecule has 1 saturated heterocycles. The average molecular weight is 470 g/mol. The van der Waals surface area contributed by atoms with Gasteiger partial charge in [-0.25, -0.2) is 9.59 Å². The molecule has 10 nitrogen and oxygen atoms in total. The smallest absolute Gasteiger partial charge is 0.410 e. The molecule has 0 unspecified atom stereocenters. The lowest BCUT2D eigenvalue weighted by molar-refractivity contribution is -0.145. The van der Waals surface area contributed by atoms with Gasteiger partial charge in [0, 0.05) is 6.54 Å². The Labute approximate surface area is 188 Å². The first kappa shape index (κ1) is 25.8. The van der Waals surface area contributed by atoms with Gasteiger partial charge in [0.15, 0.2) is 0 Å². The van der Waals surface area contributed by atoms with Crippen molar-refractivity contribution >= 4 is 25.6 Å². The average Bonchev–Trinajstić information content (AvgIpc) is 3.27. The monoisotopic (exact) mass is 470 g/mol. The van der Waals surface area contributed by atoms with Crippen LogP contribution in [-0.4, -0.2) is 61.1 Å². The van der Waals surface area contributed by atoms with Crippen LogP contribution in [-0.2, 0) is 39.3 Å². The van der Waals surface area contributed by atoms with Crippen molar-refractivity contribution in [1.82, 2.24) is 10.2 Å². The molecule has 1 aromatic carbocycles. The van der Waals surface area contributed by atoms with E-state index < -0.39 is 37.4 Å². The second-order valence-electron chi connectivity index (χ2n) is 6.93. The van der Waals surface area contributed by atoms with Crippen LogP contribution in [0.5, 0.6) is 0 Å². The largest absolute Gasteiger partial charge is 0.464 e. The van der Waals surface area contributed by atoms with E-state index in [1.807, 2.05) is 30.3 Å². The Bertz CT molecular complexity index is 809. The molecule has 0 spiro atoms. The summed E-state index contributed by atoms with van der Waals surface area (Å²) in [5, 5.41) is 2.44. The van der Waals surface area contributed by atoms with Crippen LogP contribution in [0, 0.1) is 0 Å². The van der Waals surface area contributed by atoms with E-state index in [9.17, 15) is 18.9 Å². The summed E-state index contributed by atoms with van der Waals surface area (Å²) in [5.41, 5.74) is 0.817. The van der Waals surface area contributed by atoms with Crippen molar-refractivity contribution in [2.45, 2.75) is 52.0 Å². The molecule has 1 fully saturated rings. The number of hydrogen-bond donors (Lipinski definition) is 1. The molecule has 2 rings (SSSR count).